The molecule has 0 saturated heterocycles. The lowest BCUT2D eigenvalue weighted by molar-refractivity contribution is 0.295. The van der Waals surface area contributed by atoms with Gasteiger partial charge in [-0.1, -0.05) is 26.0 Å². The highest BCUT2D eigenvalue weighted by atomic mass is 16.5. The Hall–Kier alpha value is -1.81. The van der Waals surface area contributed by atoms with Crippen molar-refractivity contribution in [3.63, 3.8) is 0 Å². The summed E-state index contributed by atoms with van der Waals surface area (Å²) in [6, 6.07) is 10.3. The molecule has 0 saturated carbocycles. The molecule has 4 nitrogen and oxygen atoms in total. The number of rotatable bonds is 7. The lowest BCUT2D eigenvalue weighted by Gasteiger charge is -2.07. The molecular weight excluding hydrogens is 250 g/mol. The van der Waals surface area contributed by atoms with E-state index in [2.05, 4.69) is 42.5 Å². The van der Waals surface area contributed by atoms with E-state index in [9.17, 15) is 0 Å². The molecule has 0 aliphatic heterocycles. The highest BCUT2D eigenvalue weighted by Crippen LogP contribution is 2.14. The van der Waals surface area contributed by atoms with Crippen molar-refractivity contribution < 1.29 is 4.74 Å². The second-order valence-electron chi connectivity index (χ2n) is 4.82. The SMILES string of the molecule is CCNCc1ccc(OCc2cc(CC)nn2C)cc1. The van der Waals surface area contributed by atoms with E-state index in [-0.39, 0.29) is 0 Å². The van der Waals surface area contributed by atoms with Crippen molar-refractivity contribution >= 4 is 0 Å². The average Bonchev–Trinajstić information content (AvgIpc) is 2.84. The van der Waals surface area contributed by atoms with Crippen molar-refractivity contribution in [3.8, 4) is 5.75 Å². The summed E-state index contributed by atoms with van der Waals surface area (Å²) >= 11 is 0. The van der Waals surface area contributed by atoms with Gasteiger partial charge >= 0.3 is 0 Å². The third-order valence-electron chi connectivity index (χ3n) is 3.28. The lowest BCUT2D eigenvalue weighted by atomic mass is 10.2. The zero-order valence-electron chi connectivity index (χ0n) is 12.5. The van der Waals surface area contributed by atoms with Crippen molar-refractivity contribution in [2.75, 3.05) is 6.54 Å². The van der Waals surface area contributed by atoms with Crippen LogP contribution in [0.25, 0.3) is 0 Å². The van der Waals surface area contributed by atoms with Crippen molar-refractivity contribution in [1.29, 1.82) is 0 Å². The number of hydrogen-bond acceptors (Lipinski definition) is 3. The van der Waals surface area contributed by atoms with Crippen LogP contribution in [0.5, 0.6) is 5.75 Å². The van der Waals surface area contributed by atoms with E-state index in [0.717, 1.165) is 36.6 Å². The first-order chi connectivity index (χ1) is 9.72. The first kappa shape index (κ1) is 14.6. The monoisotopic (exact) mass is 273 g/mol. The zero-order chi connectivity index (χ0) is 14.4. The molecule has 0 unspecified atom stereocenters. The predicted octanol–water partition coefficient (Wildman–Crippen LogP) is 2.67. The zero-order valence-corrected chi connectivity index (χ0v) is 12.5. The summed E-state index contributed by atoms with van der Waals surface area (Å²) in [7, 11) is 1.96. The van der Waals surface area contributed by atoms with E-state index in [1.54, 1.807) is 0 Å². The van der Waals surface area contributed by atoms with E-state index >= 15 is 0 Å². The molecule has 1 aromatic carbocycles. The highest BCUT2D eigenvalue weighted by molar-refractivity contribution is 5.27. The topological polar surface area (TPSA) is 39.1 Å². The summed E-state index contributed by atoms with van der Waals surface area (Å²) in [5.74, 6) is 0.893. The molecule has 0 fully saturated rings. The minimum absolute atomic E-state index is 0.552. The fraction of sp³-hybridized carbons (Fsp3) is 0.438. The quantitative estimate of drug-likeness (QED) is 0.843. The maximum Gasteiger partial charge on any atom is 0.130 e. The molecule has 0 atom stereocenters. The summed E-state index contributed by atoms with van der Waals surface area (Å²) < 4.78 is 7.70. The first-order valence-corrected chi connectivity index (χ1v) is 7.17. The normalized spacial score (nSPS) is 10.8. The van der Waals surface area contributed by atoms with Gasteiger partial charge in [0, 0.05) is 13.6 Å². The standard InChI is InChI=1S/C16H23N3O/c1-4-14-10-15(19(3)18-14)12-20-16-8-6-13(7-9-16)11-17-5-2/h6-10,17H,4-5,11-12H2,1-3H3. The van der Waals surface area contributed by atoms with Gasteiger partial charge in [0.05, 0.1) is 11.4 Å². The Balaban J connectivity index is 1.91. The summed E-state index contributed by atoms with van der Waals surface area (Å²) in [5.41, 5.74) is 3.47. The molecular formula is C16H23N3O. The summed E-state index contributed by atoms with van der Waals surface area (Å²) in [6.07, 6.45) is 0.951. The first-order valence-electron chi connectivity index (χ1n) is 7.17. The van der Waals surface area contributed by atoms with Gasteiger partial charge in [0.15, 0.2) is 0 Å². The summed E-state index contributed by atoms with van der Waals surface area (Å²) in [6.45, 7) is 6.65. The van der Waals surface area contributed by atoms with Crippen LogP contribution >= 0.6 is 0 Å². The van der Waals surface area contributed by atoms with E-state index in [0.29, 0.717) is 6.61 Å². The molecule has 0 spiro atoms. The molecule has 0 aliphatic rings. The van der Waals surface area contributed by atoms with Crippen LogP contribution in [-0.4, -0.2) is 16.3 Å². The Labute approximate surface area is 120 Å². The molecule has 0 amide bonds. The number of ether oxygens (including phenoxy) is 1. The number of nitrogens with zero attached hydrogens (tertiary/aromatic N) is 2. The molecule has 1 aromatic heterocycles. The van der Waals surface area contributed by atoms with Crippen LogP contribution in [0.15, 0.2) is 30.3 Å². The van der Waals surface area contributed by atoms with Crippen LogP contribution in [0.1, 0.15) is 30.8 Å². The highest BCUT2D eigenvalue weighted by Gasteiger charge is 2.04. The van der Waals surface area contributed by atoms with Crippen LogP contribution < -0.4 is 10.1 Å². The van der Waals surface area contributed by atoms with Crippen LogP contribution in [0.2, 0.25) is 0 Å². The van der Waals surface area contributed by atoms with Gasteiger partial charge in [-0.25, -0.2) is 0 Å². The van der Waals surface area contributed by atoms with Crippen LogP contribution in [0.3, 0.4) is 0 Å². The molecule has 0 bridgehead atoms. The molecule has 4 heteroatoms. The molecule has 2 rings (SSSR count). The summed E-state index contributed by atoms with van der Waals surface area (Å²) in [4.78, 5) is 0. The number of aromatic nitrogens is 2. The van der Waals surface area contributed by atoms with E-state index in [1.807, 2.05) is 23.9 Å². The minimum atomic E-state index is 0.552. The van der Waals surface area contributed by atoms with Gasteiger partial charge in [0.1, 0.15) is 12.4 Å². The van der Waals surface area contributed by atoms with Crippen molar-refractivity contribution in [1.82, 2.24) is 15.1 Å². The molecule has 2 aromatic rings. The van der Waals surface area contributed by atoms with Gasteiger partial charge in [0.25, 0.3) is 0 Å². The van der Waals surface area contributed by atoms with Crippen molar-refractivity contribution in [2.45, 2.75) is 33.4 Å². The fourth-order valence-corrected chi connectivity index (χ4v) is 2.01. The Kier molecular flexibility index (Phi) is 5.18. The van der Waals surface area contributed by atoms with Gasteiger partial charge in [-0.2, -0.15) is 5.10 Å². The average molecular weight is 273 g/mol. The summed E-state index contributed by atoms with van der Waals surface area (Å²) in [5, 5.41) is 7.72. The number of aryl methyl sites for hydroxylation is 2. The Morgan fingerprint density at radius 1 is 1.20 bits per heavy atom. The number of hydrogen-bond donors (Lipinski definition) is 1. The lowest BCUT2D eigenvalue weighted by Crippen LogP contribution is -2.11. The van der Waals surface area contributed by atoms with E-state index < -0.39 is 0 Å². The van der Waals surface area contributed by atoms with Crippen molar-refractivity contribution in [3.05, 3.63) is 47.3 Å². The van der Waals surface area contributed by atoms with Gasteiger partial charge in [0.2, 0.25) is 0 Å². The fourth-order valence-electron chi connectivity index (χ4n) is 2.01. The van der Waals surface area contributed by atoms with Gasteiger partial charge in [-0.3, -0.25) is 4.68 Å². The molecule has 1 N–H and O–H groups in total. The number of benzene rings is 1. The van der Waals surface area contributed by atoms with Crippen LogP contribution in [-0.2, 0) is 26.6 Å². The minimum Gasteiger partial charge on any atom is -0.487 e. The maximum atomic E-state index is 5.81. The predicted molar refractivity (Wildman–Crippen MR) is 80.7 cm³/mol. The van der Waals surface area contributed by atoms with Crippen LogP contribution in [0, 0.1) is 0 Å². The second-order valence-corrected chi connectivity index (χ2v) is 4.82. The largest absolute Gasteiger partial charge is 0.487 e. The Morgan fingerprint density at radius 2 is 1.95 bits per heavy atom. The van der Waals surface area contributed by atoms with E-state index in [4.69, 9.17) is 4.74 Å². The maximum absolute atomic E-state index is 5.81. The molecule has 1 heterocycles. The second kappa shape index (κ2) is 7.10. The smallest absolute Gasteiger partial charge is 0.130 e. The Bertz CT molecular complexity index is 531. The molecule has 108 valence electrons. The van der Waals surface area contributed by atoms with Gasteiger partial charge < -0.3 is 10.1 Å². The molecule has 0 radical (unpaired) electrons. The van der Waals surface area contributed by atoms with Crippen LogP contribution in [0.4, 0.5) is 0 Å². The third-order valence-corrected chi connectivity index (χ3v) is 3.28. The van der Waals surface area contributed by atoms with Crippen molar-refractivity contribution in [2.24, 2.45) is 7.05 Å². The molecule has 0 aliphatic carbocycles. The third kappa shape index (κ3) is 3.84. The van der Waals surface area contributed by atoms with Gasteiger partial charge in [-0.15, -0.1) is 0 Å². The molecule has 20 heavy (non-hydrogen) atoms. The van der Waals surface area contributed by atoms with E-state index in [1.165, 1.54) is 5.56 Å². The number of nitrogens with one attached hydrogen (secondary N) is 1. The van der Waals surface area contributed by atoms with Gasteiger partial charge in [-0.05, 0) is 36.7 Å². The Morgan fingerprint density at radius 3 is 2.55 bits per heavy atom.